The van der Waals surface area contributed by atoms with Gasteiger partial charge in [-0.1, -0.05) is 0 Å². The Hall–Kier alpha value is -4.15. The van der Waals surface area contributed by atoms with Gasteiger partial charge >= 0.3 is 0 Å². The van der Waals surface area contributed by atoms with Crippen molar-refractivity contribution in [2.75, 3.05) is 18.8 Å². The number of nitrogens with zero attached hydrogens (tertiary/aromatic N) is 6. The number of amides is 1. The number of hydrogen-bond donors (Lipinski definition) is 2. The largest absolute Gasteiger partial charge is 0.383 e. The summed E-state index contributed by atoms with van der Waals surface area (Å²) in [6.45, 7) is 1.32. The Morgan fingerprint density at radius 2 is 1.94 bits per heavy atom. The van der Waals surface area contributed by atoms with Gasteiger partial charge in [-0.05, 0) is 42.9 Å². The van der Waals surface area contributed by atoms with E-state index in [0.29, 0.717) is 55.4 Å². The average molecular weight is 477 g/mol. The van der Waals surface area contributed by atoms with E-state index in [0.717, 1.165) is 30.7 Å². The van der Waals surface area contributed by atoms with Crippen LogP contribution in [-0.2, 0) is 11.2 Å². The van der Waals surface area contributed by atoms with Crippen LogP contribution in [-0.4, -0.2) is 53.4 Å². The zero-order valence-electron chi connectivity index (χ0n) is 19.0. The molecule has 10 nitrogen and oxygen atoms in total. The molecule has 5 heterocycles. The Morgan fingerprint density at radius 3 is 2.71 bits per heavy atom. The van der Waals surface area contributed by atoms with Crippen molar-refractivity contribution < 1.29 is 9.18 Å². The maximum absolute atomic E-state index is 13.4. The predicted molar refractivity (Wildman–Crippen MR) is 127 cm³/mol. The number of fused-ring (bicyclic) bond motifs is 1. The molecule has 4 aromatic heterocycles. The van der Waals surface area contributed by atoms with Crippen LogP contribution in [0.1, 0.15) is 43.0 Å². The van der Waals surface area contributed by atoms with Crippen molar-refractivity contribution in [3.8, 4) is 11.4 Å². The molecule has 1 aliphatic rings. The van der Waals surface area contributed by atoms with E-state index in [1.54, 1.807) is 24.7 Å². The molecule has 0 aliphatic carbocycles. The quantitative estimate of drug-likeness (QED) is 0.436. The first kappa shape index (κ1) is 22.6. The van der Waals surface area contributed by atoms with Crippen molar-refractivity contribution in [1.29, 1.82) is 0 Å². The second-order valence-corrected chi connectivity index (χ2v) is 8.67. The Balaban J connectivity index is 1.15. The minimum Gasteiger partial charge on any atom is -0.383 e. The van der Waals surface area contributed by atoms with Crippen molar-refractivity contribution in [3.05, 3.63) is 70.5 Å². The van der Waals surface area contributed by atoms with Gasteiger partial charge in [-0.15, -0.1) is 0 Å². The van der Waals surface area contributed by atoms with E-state index in [-0.39, 0.29) is 17.3 Å². The van der Waals surface area contributed by atoms with Crippen LogP contribution in [0.2, 0.25) is 0 Å². The zero-order chi connectivity index (χ0) is 24.4. The summed E-state index contributed by atoms with van der Waals surface area (Å²) in [5, 5.41) is 4.22. The van der Waals surface area contributed by atoms with Gasteiger partial charge in [0.15, 0.2) is 5.82 Å². The van der Waals surface area contributed by atoms with E-state index in [9.17, 15) is 14.0 Å². The number of carbonyl (C=O) groups excluding carboxylic acids is 1. The van der Waals surface area contributed by atoms with Crippen LogP contribution >= 0.6 is 0 Å². The number of aryl methyl sites for hydroxylation is 1. The minimum atomic E-state index is -0.516. The molecule has 4 aromatic rings. The zero-order valence-corrected chi connectivity index (χ0v) is 19.0. The summed E-state index contributed by atoms with van der Waals surface area (Å²) < 4.78 is 14.6. The molecule has 0 unspecified atom stereocenters. The van der Waals surface area contributed by atoms with E-state index in [1.165, 1.54) is 4.52 Å². The Labute approximate surface area is 200 Å². The van der Waals surface area contributed by atoms with Crippen molar-refractivity contribution in [2.24, 2.45) is 0 Å². The number of pyridine rings is 1. The first-order valence-corrected chi connectivity index (χ1v) is 11.6. The summed E-state index contributed by atoms with van der Waals surface area (Å²) in [6, 6.07) is 4.89. The van der Waals surface area contributed by atoms with Gasteiger partial charge in [-0.3, -0.25) is 9.59 Å². The molecule has 3 N–H and O–H groups in total. The topological polar surface area (TPSA) is 135 Å². The molecule has 5 rings (SSSR count). The Bertz CT molecular complexity index is 1410. The molecule has 0 bridgehead atoms. The summed E-state index contributed by atoms with van der Waals surface area (Å²) in [7, 11) is 0. The van der Waals surface area contributed by atoms with Crippen LogP contribution in [0.25, 0.3) is 16.9 Å². The van der Waals surface area contributed by atoms with E-state index >= 15 is 0 Å². The van der Waals surface area contributed by atoms with Crippen LogP contribution in [0, 0.1) is 5.82 Å². The third-order valence-corrected chi connectivity index (χ3v) is 6.36. The third kappa shape index (κ3) is 4.88. The number of aromatic amines is 1. The van der Waals surface area contributed by atoms with Gasteiger partial charge in [0.05, 0.1) is 11.8 Å². The highest BCUT2D eigenvalue weighted by Gasteiger charge is 2.24. The summed E-state index contributed by atoms with van der Waals surface area (Å²) in [4.78, 5) is 42.2. The van der Waals surface area contributed by atoms with Gasteiger partial charge in [0, 0.05) is 50.6 Å². The maximum Gasteiger partial charge on any atom is 0.275 e. The lowest BCUT2D eigenvalue weighted by Gasteiger charge is -2.32. The SMILES string of the molecule is Nc1ncc(C2CCN(C(=O)CCCc3nn4cc(F)cc4c(=O)[nH]3)CC2)cc1-c1ncccn1. The lowest BCUT2D eigenvalue weighted by atomic mass is 9.89. The van der Waals surface area contributed by atoms with Gasteiger partial charge in [-0.25, -0.2) is 23.9 Å². The number of aromatic nitrogens is 6. The number of nitrogen functional groups attached to an aromatic ring is 1. The number of halogens is 1. The molecule has 1 amide bonds. The van der Waals surface area contributed by atoms with Gasteiger partial charge < -0.3 is 15.6 Å². The summed E-state index contributed by atoms with van der Waals surface area (Å²) >= 11 is 0. The fourth-order valence-corrected chi connectivity index (χ4v) is 4.49. The number of nitrogens with two attached hydrogens (primary N) is 1. The van der Waals surface area contributed by atoms with Crippen molar-refractivity contribution >= 4 is 17.2 Å². The molecular formula is C24H25FN8O2. The highest BCUT2D eigenvalue weighted by atomic mass is 19.1. The highest BCUT2D eigenvalue weighted by molar-refractivity contribution is 5.76. The van der Waals surface area contributed by atoms with E-state index in [1.807, 2.05) is 11.0 Å². The standard InChI is InChI=1S/C24H25FN8O2/c25-17-12-19-24(35)30-20(31-33(19)14-17)3-1-4-21(34)32-9-5-15(6-10-32)16-11-18(22(26)29-13-16)23-27-7-2-8-28-23/h2,7-8,11-15H,1,3-6,9-10H2,(H2,26,29)(H,30,31,35). The lowest BCUT2D eigenvalue weighted by molar-refractivity contribution is -0.132. The Kier molecular flexibility index (Phi) is 6.21. The van der Waals surface area contributed by atoms with Gasteiger partial charge in [-0.2, -0.15) is 5.10 Å². The molecule has 1 aliphatic heterocycles. The van der Waals surface area contributed by atoms with E-state index < -0.39 is 11.4 Å². The molecule has 11 heteroatoms. The predicted octanol–water partition coefficient (Wildman–Crippen LogP) is 2.32. The summed E-state index contributed by atoms with van der Waals surface area (Å²) in [5.41, 5.74) is 7.60. The van der Waals surface area contributed by atoms with Crippen molar-refractivity contribution in [1.82, 2.24) is 34.4 Å². The normalized spacial score (nSPS) is 14.5. The van der Waals surface area contributed by atoms with Crippen molar-refractivity contribution in [2.45, 2.75) is 38.0 Å². The summed E-state index contributed by atoms with van der Waals surface area (Å²) in [6.07, 6.45) is 9.28. The van der Waals surface area contributed by atoms with Crippen LogP contribution < -0.4 is 11.3 Å². The highest BCUT2D eigenvalue weighted by Crippen LogP contribution is 2.31. The number of rotatable bonds is 6. The smallest absolute Gasteiger partial charge is 0.275 e. The molecule has 0 spiro atoms. The molecule has 0 atom stereocenters. The first-order chi connectivity index (χ1) is 17.0. The summed E-state index contributed by atoms with van der Waals surface area (Å²) in [5.74, 6) is 1.20. The monoisotopic (exact) mass is 476 g/mol. The van der Waals surface area contributed by atoms with Crippen LogP contribution in [0.5, 0.6) is 0 Å². The average Bonchev–Trinajstić information content (AvgIpc) is 3.26. The molecule has 0 aromatic carbocycles. The van der Waals surface area contributed by atoms with Crippen LogP contribution in [0.4, 0.5) is 10.2 Å². The molecule has 0 radical (unpaired) electrons. The fraction of sp³-hybridized carbons (Fsp3) is 0.333. The molecule has 180 valence electrons. The molecule has 35 heavy (non-hydrogen) atoms. The van der Waals surface area contributed by atoms with Crippen molar-refractivity contribution in [3.63, 3.8) is 0 Å². The third-order valence-electron chi connectivity index (χ3n) is 6.36. The number of likely N-dealkylation sites (tertiary alicyclic amines) is 1. The van der Waals surface area contributed by atoms with Gasteiger partial charge in [0.1, 0.15) is 23.0 Å². The van der Waals surface area contributed by atoms with Gasteiger partial charge in [0.25, 0.3) is 5.56 Å². The second-order valence-electron chi connectivity index (χ2n) is 8.67. The Morgan fingerprint density at radius 1 is 1.17 bits per heavy atom. The maximum atomic E-state index is 13.4. The fourth-order valence-electron chi connectivity index (χ4n) is 4.49. The number of carbonyl (C=O) groups is 1. The van der Waals surface area contributed by atoms with E-state index in [2.05, 4.69) is 25.0 Å². The lowest BCUT2D eigenvalue weighted by Crippen LogP contribution is -2.37. The van der Waals surface area contributed by atoms with Crippen LogP contribution in [0.3, 0.4) is 0 Å². The minimum absolute atomic E-state index is 0.0766. The van der Waals surface area contributed by atoms with Gasteiger partial charge in [0.2, 0.25) is 5.91 Å². The number of anilines is 1. The second kappa shape index (κ2) is 9.61. The molecule has 0 saturated carbocycles. The van der Waals surface area contributed by atoms with E-state index in [4.69, 9.17) is 5.73 Å². The number of H-pyrrole nitrogens is 1. The van der Waals surface area contributed by atoms with Crippen LogP contribution in [0.15, 0.2) is 47.8 Å². The molecule has 1 fully saturated rings. The number of hydrogen-bond acceptors (Lipinski definition) is 7. The number of nitrogens with one attached hydrogen (secondary N) is 1. The number of piperidine rings is 1. The first-order valence-electron chi connectivity index (χ1n) is 11.6. The molecule has 1 saturated heterocycles. The molecular weight excluding hydrogens is 451 g/mol.